The summed E-state index contributed by atoms with van der Waals surface area (Å²) in [6, 6.07) is 9.92. The number of hydrogen-bond donors (Lipinski definition) is 2. The first-order valence-electron chi connectivity index (χ1n) is 8.37. The van der Waals surface area contributed by atoms with E-state index in [9.17, 15) is 9.59 Å². The zero-order chi connectivity index (χ0) is 16.1. The van der Waals surface area contributed by atoms with Crippen LogP contribution in [0.3, 0.4) is 0 Å². The van der Waals surface area contributed by atoms with Gasteiger partial charge >= 0.3 is 5.69 Å². The Morgan fingerprint density at radius 3 is 2.52 bits per heavy atom. The topological polar surface area (TPSA) is 66.9 Å². The minimum absolute atomic E-state index is 0.161. The minimum Gasteiger partial charge on any atom is -0.348 e. The molecule has 0 bridgehead atoms. The molecule has 1 aromatic heterocycles. The van der Waals surface area contributed by atoms with Gasteiger partial charge in [0, 0.05) is 12.2 Å². The fourth-order valence-corrected chi connectivity index (χ4v) is 3.19. The van der Waals surface area contributed by atoms with Gasteiger partial charge in [0.25, 0.3) is 5.91 Å². The Morgan fingerprint density at radius 2 is 1.83 bits per heavy atom. The monoisotopic (exact) mass is 313 g/mol. The zero-order valence-corrected chi connectivity index (χ0v) is 13.3. The van der Waals surface area contributed by atoms with E-state index in [0.29, 0.717) is 12.2 Å². The van der Waals surface area contributed by atoms with Crippen LogP contribution in [-0.4, -0.2) is 21.5 Å². The van der Waals surface area contributed by atoms with Crippen molar-refractivity contribution in [3.63, 3.8) is 0 Å². The number of carbonyl (C=O) groups excluding carboxylic acids is 1. The predicted molar refractivity (Wildman–Crippen MR) is 89.6 cm³/mol. The number of aromatic nitrogens is 2. The van der Waals surface area contributed by atoms with E-state index in [1.54, 1.807) is 0 Å². The molecule has 2 N–H and O–H groups in total. The van der Waals surface area contributed by atoms with Crippen molar-refractivity contribution in [2.45, 2.75) is 51.1 Å². The maximum absolute atomic E-state index is 12.6. The van der Waals surface area contributed by atoms with E-state index >= 15 is 0 Å². The van der Waals surface area contributed by atoms with E-state index < -0.39 is 0 Å². The van der Waals surface area contributed by atoms with Crippen molar-refractivity contribution in [2.75, 3.05) is 0 Å². The highest BCUT2D eigenvalue weighted by molar-refractivity contribution is 5.92. The van der Waals surface area contributed by atoms with Crippen LogP contribution in [-0.2, 0) is 6.54 Å². The zero-order valence-electron chi connectivity index (χ0n) is 13.3. The van der Waals surface area contributed by atoms with Gasteiger partial charge in [0.15, 0.2) is 0 Å². The molecule has 5 heteroatoms. The minimum atomic E-state index is -0.250. The molecule has 1 aliphatic rings. The van der Waals surface area contributed by atoms with Crippen molar-refractivity contribution in [3.05, 3.63) is 58.3 Å². The van der Waals surface area contributed by atoms with Gasteiger partial charge in [0.2, 0.25) is 0 Å². The largest absolute Gasteiger partial charge is 0.348 e. The van der Waals surface area contributed by atoms with Crippen LogP contribution in [0.1, 0.15) is 54.6 Å². The van der Waals surface area contributed by atoms with Gasteiger partial charge in [-0.05, 0) is 18.4 Å². The maximum atomic E-state index is 12.6. The molecular formula is C18H23N3O2. The average molecular weight is 313 g/mol. The second-order valence-electron chi connectivity index (χ2n) is 6.21. The molecule has 0 radical (unpaired) electrons. The molecule has 23 heavy (non-hydrogen) atoms. The lowest BCUT2D eigenvalue weighted by Crippen LogP contribution is -2.36. The third-order valence-electron chi connectivity index (χ3n) is 4.47. The van der Waals surface area contributed by atoms with E-state index in [2.05, 4.69) is 10.3 Å². The summed E-state index contributed by atoms with van der Waals surface area (Å²) in [5.74, 6) is -0.161. The van der Waals surface area contributed by atoms with Crippen molar-refractivity contribution < 1.29 is 4.79 Å². The second kappa shape index (κ2) is 7.31. The Labute approximate surface area is 135 Å². The molecule has 0 unspecified atom stereocenters. The number of amides is 1. The van der Waals surface area contributed by atoms with E-state index in [-0.39, 0.29) is 17.6 Å². The average Bonchev–Trinajstić information content (AvgIpc) is 2.76. The molecule has 1 fully saturated rings. The van der Waals surface area contributed by atoms with Crippen LogP contribution in [0.25, 0.3) is 0 Å². The lowest BCUT2D eigenvalue weighted by molar-refractivity contribution is 0.0924. The second-order valence-corrected chi connectivity index (χ2v) is 6.21. The number of rotatable bonds is 4. The Balaban J connectivity index is 1.74. The summed E-state index contributed by atoms with van der Waals surface area (Å²) in [4.78, 5) is 27.2. The lowest BCUT2D eigenvalue weighted by atomic mass is 10.1. The first-order valence-corrected chi connectivity index (χ1v) is 8.37. The Kier molecular flexibility index (Phi) is 4.95. The highest BCUT2D eigenvalue weighted by Gasteiger charge is 2.19. The van der Waals surface area contributed by atoms with Crippen LogP contribution in [0.15, 0.2) is 41.3 Å². The Morgan fingerprint density at radius 1 is 1.13 bits per heavy atom. The number of aromatic amines is 1. The molecule has 1 saturated carbocycles. The third-order valence-corrected chi connectivity index (χ3v) is 4.47. The number of nitrogens with zero attached hydrogens (tertiary/aromatic N) is 1. The van der Waals surface area contributed by atoms with Gasteiger partial charge in [-0.3, -0.25) is 9.36 Å². The maximum Gasteiger partial charge on any atom is 0.326 e. The number of hydrogen-bond acceptors (Lipinski definition) is 2. The molecule has 5 nitrogen and oxygen atoms in total. The smallest absolute Gasteiger partial charge is 0.326 e. The van der Waals surface area contributed by atoms with Gasteiger partial charge < -0.3 is 10.3 Å². The predicted octanol–water partition coefficient (Wildman–Crippen LogP) is 2.68. The molecular weight excluding hydrogens is 290 g/mol. The van der Waals surface area contributed by atoms with Crippen LogP contribution in [0.2, 0.25) is 0 Å². The molecule has 0 saturated heterocycles. The number of nitrogens with one attached hydrogen (secondary N) is 2. The molecule has 0 aliphatic heterocycles. The summed E-state index contributed by atoms with van der Waals surface area (Å²) in [5, 5.41) is 3.10. The van der Waals surface area contributed by atoms with Crippen LogP contribution >= 0.6 is 0 Å². The number of imidazole rings is 1. The highest BCUT2D eigenvalue weighted by atomic mass is 16.2. The molecule has 1 aliphatic carbocycles. The number of carbonyl (C=O) groups is 1. The molecule has 1 amide bonds. The van der Waals surface area contributed by atoms with Crippen molar-refractivity contribution in [3.8, 4) is 0 Å². The molecule has 0 atom stereocenters. The summed E-state index contributed by atoms with van der Waals surface area (Å²) in [6.45, 7) is 0.399. The number of benzene rings is 1. The van der Waals surface area contributed by atoms with E-state index in [1.807, 2.05) is 30.3 Å². The van der Waals surface area contributed by atoms with Crippen molar-refractivity contribution in [1.82, 2.24) is 14.9 Å². The SMILES string of the molecule is O=C(NC1CCCCCC1)c1c[nH]c(=O)n1Cc1ccccc1. The summed E-state index contributed by atoms with van der Waals surface area (Å²) < 4.78 is 1.50. The lowest BCUT2D eigenvalue weighted by Gasteiger charge is -2.16. The third kappa shape index (κ3) is 3.92. The van der Waals surface area contributed by atoms with Gasteiger partial charge in [-0.1, -0.05) is 56.0 Å². The van der Waals surface area contributed by atoms with Crippen LogP contribution < -0.4 is 11.0 Å². The summed E-state index contributed by atoms with van der Waals surface area (Å²) in [6.07, 6.45) is 8.38. The Bertz CT molecular complexity index is 695. The summed E-state index contributed by atoms with van der Waals surface area (Å²) in [5.41, 5.74) is 1.15. The first kappa shape index (κ1) is 15.6. The van der Waals surface area contributed by atoms with E-state index in [0.717, 1.165) is 31.2 Å². The standard InChI is InChI=1S/C18H23N3O2/c22-17(20-15-10-6-1-2-7-11-15)16-12-19-18(23)21(16)13-14-8-4-3-5-9-14/h3-5,8-9,12,15H,1-2,6-7,10-11,13H2,(H,19,23)(H,20,22). The van der Waals surface area contributed by atoms with Gasteiger partial charge in [-0.15, -0.1) is 0 Å². The molecule has 122 valence electrons. The van der Waals surface area contributed by atoms with Gasteiger partial charge in [-0.25, -0.2) is 4.79 Å². The van der Waals surface area contributed by atoms with E-state index in [4.69, 9.17) is 0 Å². The highest BCUT2D eigenvalue weighted by Crippen LogP contribution is 2.17. The summed E-state index contributed by atoms with van der Waals surface area (Å²) >= 11 is 0. The number of H-pyrrole nitrogens is 1. The molecule has 0 spiro atoms. The van der Waals surface area contributed by atoms with Crippen LogP contribution in [0, 0.1) is 0 Å². The normalized spacial score (nSPS) is 16.0. The fraction of sp³-hybridized carbons (Fsp3) is 0.444. The van der Waals surface area contributed by atoms with Gasteiger partial charge in [-0.2, -0.15) is 0 Å². The molecule has 2 aromatic rings. The van der Waals surface area contributed by atoms with Crippen LogP contribution in [0.4, 0.5) is 0 Å². The van der Waals surface area contributed by atoms with Crippen LogP contribution in [0.5, 0.6) is 0 Å². The van der Waals surface area contributed by atoms with Gasteiger partial charge in [0.1, 0.15) is 5.69 Å². The molecule has 3 rings (SSSR count). The quantitative estimate of drug-likeness (QED) is 0.852. The van der Waals surface area contributed by atoms with E-state index in [1.165, 1.54) is 23.6 Å². The van der Waals surface area contributed by atoms with Crippen molar-refractivity contribution >= 4 is 5.91 Å². The first-order chi connectivity index (χ1) is 11.2. The summed E-state index contributed by atoms with van der Waals surface area (Å²) in [7, 11) is 0. The fourth-order valence-electron chi connectivity index (χ4n) is 3.19. The molecule has 1 aromatic carbocycles. The van der Waals surface area contributed by atoms with Gasteiger partial charge in [0.05, 0.1) is 6.54 Å². The molecule has 1 heterocycles. The van der Waals surface area contributed by atoms with Crippen molar-refractivity contribution in [2.24, 2.45) is 0 Å². The van der Waals surface area contributed by atoms with Crippen molar-refractivity contribution in [1.29, 1.82) is 0 Å². The Hall–Kier alpha value is -2.30.